The second-order valence-corrected chi connectivity index (χ2v) is 3.13. The van der Waals surface area contributed by atoms with E-state index in [1.54, 1.807) is 0 Å². The molecule has 0 amide bonds. The lowest BCUT2D eigenvalue weighted by Crippen LogP contribution is -2.23. The van der Waals surface area contributed by atoms with Crippen molar-refractivity contribution in [2.75, 3.05) is 18.4 Å². The zero-order valence-corrected chi connectivity index (χ0v) is 7.21. The average Bonchev–Trinajstić information content (AvgIpc) is 2.57. The Balaban J connectivity index is 2.04. The fourth-order valence-electron chi connectivity index (χ4n) is 1.43. The van der Waals surface area contributed by atoms with Gasteiger partial charge in [0.25, 0.3) is 5.56 Å². The van der Waals surface area contributed by atoms with Crippen molar-refractivity contribution in [2.45, 2.75) is 12.5 Å². The highest BCUT2D eigenvalue weighted by molar-refractivity contribution is 5.33. The monoisotopic (exact) mass is 180 g/mol. The van der Waals surface area contributed by atoms with Crippen LogP contribution in [-0.2, 0) is 0 Å². The van der Waals surface area contributed by atoms with Crippen LogP contribution in [0.1, 0.15) is 6.42 Å². The molecule has 1 aromatic rings. The van der Waals surface area contributed by atoms with E-state index < -0.39 is 0 Å². The quantitative estimate of drug-likeness (QED) is 0.576. The minimum absolute atomic E-state index is 0.122. The number of anilines is 1. The molecule has 0 spiro atoms. The highest BCUT2D eigenvalue weighted by Crippen LogP contribution is 2.05. The molecule has 13 heavy (non-hydrogen) atoms. The largest absolute Gasteiger partial charge is 0.366 e. The van der Waals surface area contributed by atoms with E-state index >= 15 is 0 Å². The van der Waals surface area contributed by atoms with Gasteiger partial charge in [0.15, 0.2) is 0 Å². The van der Waals surface area contributed by atoms with E-state index in [0.29, 0.717) is 11.9 Å². The van der Waals surface area contributed by atoms with Gasteiger partial charge in [-0.3, -0.25) is 4.79 Å². The predicted molar refractivity (Wildman–Crippen MR) is 49.8 cm³/mol. The van der Waals surface area contributed by atoms with Crippen LogP contribution in [0, 0.1) is 0 Å². The summed E-state index contributed by atoms with van der Waals surface area (Å²) in [7, 11) is 0. The Kier molecular flexibility index (Phi) is 2.27. The summed E-state index contributed by atoms with van der Waals surface area (Å²) in [6, 6.07) is 1.87. The Morgan fingerprint density at radius 3 is 3.23 bits per heavy atom. The lowest BCUT2D eigenvalue weighted by atomic mass is 10.2. The SMILES string of the molecule is O=c1cc(NC2CCNC2)nc[nH]1. The van der Waals surface area contributed by atoms with Crippen molar-refractivity contribution in [1.29, 1.82) is 0 Å². The number of aromatic nitrogens is 2. The third-order valence-electron chi connectivity index (χ3n) is 2.09. The summed E-state index contributed by atoms with van der Waals surface area (Å²) in [5.74, 6) is 0.650. The Labute approximate surface area is 75.6 Å². The molecule has 5 nitrogen and oxygen atoms in total. The van der Waals surface area contributed by atoms with Gasteiger partial charge in [-0.25, -0.2) is 4.98 Å². The molecule has 0 bridgehead atoms. The van der Waals surface area contributed by atoms with Gasteiger partial charge in [-0.05, 0) is 13.0 Å². The average molecular weight is 180 g/mol. The number of nitrogens with one attached hydrogen (secondary N) is 3. The molecule has 0 saturated carbocycles. The van der Waals surface area contributed by atoms with Gasteiger partial charge < -0.3 is 15.6 Å². The molecule has 0 aliphatic carbocycles. The van der Waals surface area contributed by atoms with Crippen LogP contribution in [-0.4, -0.2) is 29.1 Å². The predicted octanol–water partition coefficient (Wildman–Crippen LogP) is -0.456. The normalized spacial score (nSPS) is 21.7. The molecule has 2 rings (SSSR count). The Morgan fingerprint density at radius 2 is 2.54 bits per heavy atom. The molecule has 1 saturated heterocycles. The van der Waals surface area contributed by atoms with Crippen LogP contribution in [0.15, 0.2) is 17.2 Å². The molecular weight excluding hydrogens is 168 g/mol. The highest BCUT2D eigenvalue weighted by atomic mass is 16.1. The van der Waals surface area contributed by atoms with Gasteiger partial charge in [0.1, 0.15) is 5.82 Å². The molecule has 1 aromatic heterocycles. The van der Waals surface area contributed by atoms with E-state index in [9.17, 15) is 4.79 Å². The molecule has 70 valence electrons. The Morgan fingerprint density at radius 1 is 1.62 bits per heavy atom. The van der Waals surface area contributed by atoms with Crippen LogP contribution in [0.3, 0.4) is 0 Å². The summed E-state index contributed by atoms with van der Waals surface area (Å²) in [6.45, 7) is 1.97. The molecule has 1 unspecified atom stereocenters. The first-order chi connectivity index (χ1) is 6.34. The van der Waals surface area contributed by atoms with Crippen LogP contribution >= 0.6 is 0 Å². The van der Waals surface area contributed by atoms with Gasteiger partial charge in [0.2, 0.25) is 0 Å². The zero-order valence-electron chi connectivity index (χ0n) is 7.21. The van der Waals surface area contributed by atoms with Crippen molar-refractivity contribution < 1.29 is 0 Å². The lowest BCUT2D eigenvalue weighted by molar-refractivity contribution is 0.786. The van der Waals surface area contributed by atoms with Crippen molar-refractivity contribution in [1.82, 2.24) is 15.3 Å². The van der Waals surface area contributed by atoms with Crippen molar-refractivity contribution >= 4 is 5.82 Å². The smallest absolute Gasteiger partial charge is 0.252 e. The third-order valence-corrected chi connectivity index (χ3v) is 2.09. The first-order valence-corrected chi connectivity index (χ1v) is 4.36. The van der Waals surface area contributed by atoms with Gasteiger partial charge in [0, 0.05) is 18.7 Å². The minimum atomic E-state index is -0.122. The molecule has 0 aromatic carbocycles. The summed E-state index contributed by atoms with van der Waals surface area (Å²) in [5.41, 5.74) is -0.122. The molecule has 0 radical (unpaired) electrons. The summed E-state index contributed by atoms with van der Waals surface area (Å²) < 4.78 is 0. The van der Waals surface area contributed by atoms with Crippen LogP contribution < -0.4 is 16.2 Å². The van der Waals surface area contributed by atoms with E-state index in [1.165, 1.54) is 12.4 Å². The van der Waals surface area contributed by atoms with Gasteiger partial charge in [-0.2, -0.15) is 0 Å². The second kappa shape index (κ2) is 3.57. The number of H-pyrrole nitrogens is 1. The van der Waals surface area contributed by atoms with Crippen LogP contribution in [0.2, 0.25) is 0 Å². The molecule has 3 N–H and O–H groups in total. The first kappa shape index (κ1) is 8.25. The van der Waals surface area contributed by atoms with Crippen molar-refractivity contribution in [2.24, 2.45) is 0 Å². The van der Waals surface area contributed by atoms with Gasteiger partial charge in [-0.15, -0.1) is 0 Å². The fraction of sp³-hybridized carbons (Fsp3) is 0.500. The minimum Gasteiger partial charge on any atom is -0.366 e. The van der Waals surface area contributed by atoms with Crippen molar-refractivity contribution in [3.8, 4) is 0 Å². The maximum Gasteiger partial charge on any atom is 0.252 e. The summed E-state index contributed by atoms with van der Waals surface area (Å²) >= 11 is 0. The molecule has 1 aliphatic rings. The molecule has 5 heteroatoms. The first-order valence-electron chi connectivity index (χ1n) is 4.36. The number of hydrogen-bond acceptors (Lipinski definition) is 4. The van der Waals surface area contributed by atoms with Crippen LogP contribution in [0.5, 0.6) is 0 Å². The van der Waals surface area contributed by atoms with Crippen molar-refractivity contribution in [3.63, 3.8) is 0 Å². The lowest BCUT2D eigenvalue weighted by Gasteiger charge is -2.10. The molecular formula is C8H12N4O. The second-order valence-electron chi connectivity index (χ2n) is 3.13. The van der Waals surface area contributed by atoms with Gasteiger partial charge >= 0.3 is 0 Å². The van der Waals surface area contributed by atoms with E-state index in [1.807, 2.05) is 0 Å². The maximum absolute atomic E-state index is 10.9. The zero-order chi connectivity index (χ0) is 9.10. The number of aromatic amines is 1. The standard InChI is InChI=1S/C8H12N4O/c13-8-3-7(10-5-11-8)12-6-1-2-9-4-6/h3,5-6,9H,1-2,4H2,(H2,10,11,12,13). The molecule has 1 aliphatic heterocycles. The number of nitrogens with zero attached hydrogens (tertiary/aromatic N) is 1. The van der Waals surface area contributed by atoms with Crippen LogP contribution in [0.25, 0.3) is 0 Å². The van der Waals surface area contributed by atoms with Gasteiger partial charge in [-0.1, -0.05) is 0 Å². The number of rotatable bonds is 2. The molecule has 1 fully saturated rings. The summed E-state index contributed by atoms with van der Waals surface area (Å²) in [4.78, 5) is 17.4. The third kappa shape index (κ3) is 2.06. The van der Waals surface area contributed by atoms with Crippen LogP contribution in [0.4, 0.5) is 5.82 Å². The van der Waals surface area contributed by atoms with E-state index in [2.05, 4.69) is 20.6 Å². The Hall–Kier alpha value is -1.36. The molecule has 2 heterocycles. The Bertz CT molecular complexity index is 329. The summed E-state index contributed by atoms with van der Waals surface area (Å²) in [6.07, 6.45) is 2.49. The van der Waals surface area contributed by atoms with E-state index in [-0.39, 0.29) is 5.56 Å². The summed E-state index contributed by atoms with van der Waals surface area (Å²) in [5, 5.41) is 6.42. The fourth-order valence-corrected chi connectivity index (χ4v) is 1.43. The highest BCUT2D eigenvalue weighted by Gasteiger charge is 2.13. The maximum atomic E-state index is 10.9. The van der Waals surface area contributed by atoms with Crippen molar-refractivity contribution in [3.05, 3.63) is 22.7 Å². The molecule has 1 atom stereocenters. The topological polar surface area (TPSA) is 69.8 Å². The van der Waals surface area contributed by atoms with E-state index in [4.69, 9.17) is 0 Å². The number of hydrogen-bond donors (Lipinski definition) is 3. The van der Waals surface area contributed by atoms with Gasteiger partial charge in [0.05, 0.1) is 6.33 Å². The van der Waals surface area contributed by atoms with E-state index in [0.717, 1.165) is 19.5 Å².